The van der Waals surface area contributed by atoms with Crippen molar-refractivity contribution in [2.24, 2.45) is 5.18 Å². The fraction of sp³-hybridized carbons (Fsp3) is 0.138. The highest BCUT2D eigenvalue weighted by atomic mass is 16.4. The van der Waals surface area contributed by atoms with Gasteiger partial charge in [0, 0.05) is 17.4 Å². The largest absolute Gasteiger partial charge is 0.478 e. The molecule has 2 amide bonds. The molecule has 6 N–H and O–H groups in total. The van der Waals surface area contributed by atoms with Crippen molar-refractivity contribution in [1.29, 1.82) is 0 Å². The first-order chi connectivity index (χ1) is 21.1. The maximum atomic E-state index is 13.5. The number of hydrogen-bond donors (Lipinski definition) is 5. The summed E-state index contributed by atoms with van der Waals surface area (Å²) in [5.41, 5.74) is 6.67. The number of nitrogens with one attached hydrogen (secondary N) is 3. The van der Waals surface area contributed by atoms with Gasteiger partial charge in [-0.25, -0.2) is 14.8 Å². The van der Waals surface area contributed by atoms with Gasteiger partial charge in [0.25, 0.3) is 28.6 Å². The van der Waals surface area contributed by atoms with Gasteiger partial charge < -0.3 is 26.8 Å². The zero-order valence-electron chi connectivity index (χ0n) is 22.7. The average Bonchev–Trinajstić information content (AvgIpc) is 3.65. The van der Waals surface area contributed by atoms with E-state index in [1.165, 1.54) is 18.3 Å². The predicted molar refractivity (Wildman–Crippen MR) is 157 cm³/mol. The van der Waals surface area contributed by atoms with Crippen molar-refractivity contribution in [3.63, 3.8) is 0 Å². The Kier molecular flexibility index (Phi) is 6.89. The van der Waals surface area contributed by atoms with Gasteiger partial charge in [-0.3, -0.25) is 23.6 Å². The number of aromatic carboxylic acids is 1. The number of rotatable bonds is 9. The Balaban J connectivity index is 1.22. The number of benzene rings is 2. The van der Waals surface area contributed by atoms with E-state index < -0.39 is 34.7 Å². The molecule has 0 fully saturated rings. The molecule has 3 aromatic carbocycles. The van der Waals surface area contributed by atoms with Crippen LogP contribution in [0.4, 0.5) is 23.0 Å². The lowest BCUT2D eigenvalue weighted by molar-refractivity contribution is 0.0696. The summed E-state index contributed by atoms with van der Waals surface area (Å²) in [4.78, 5) is 80.7. The Morgan fingerprint density at radius 1 is 1.07 bits per heavy atom. The molecule has 6 rings (SSSR count). The highest BCUT2D eigenvalue weighted by Gasteiger charge is 2.28. The summed E-state index contributed by atoms with van der Waals surface area (Å²) in [5.74, 6) is -2.62. The van der Waals surface area contributed by atoms with Crippen LogP contribution in [0.25, 0.3) is 5.65 Å². The van der Waals surface area contributed by atoms with Crippen molar-refractivity contribution in [2.45, 2.75) is 25.4 Å². The molecule has 0 radical (unpaired) electrons. The van der Waals surface area contributed by atoms with Crippen LogP contribution in [-0.2, 0) is 13.0 Å². The Labute approximate surface area is 246 Å². The number of nitrogens with two attached hydrogens (primary N) is 1. The number of nitroso groups, excluding NO2 is 1. The quantitative estimate of drug-likeness (QED) is 0.123. The van der Waals surface area contributed by atoms with E-state index in [0.29, 0.717) is 24.1 Å². The molecule has 220 valence electrons. The van der Waals surface area contributed by atoms with Gasteiger partial charge in [0.05, 0.1) is 17.8 Å². The molecular formula is C29H22N8O7. The van der Waals surface area contributed by atoms with E-state index in [4.69, 9.17) is 5.73 Å². The second-order valence-electron chi connectivity index (χ2n) is 10.1. The number of carbonyl (C=O) groups excluding carboxylic acids is 2. The third-order valence-corrected chi connectivity index (χ3v) is 7.39. The first kappa shape index (κ1) is 27.9. The summed E-state index contributed by atoms with van der Waals surface area (Å²) < 4.78 is 1.14. The number of amides is 2. The zero-order chi connectivity index (χ0) is 31.1. The van der Waals surface area contributed by atoms with E-state index in [-0.39, 0.29) is 46.5 Å². The smallest absolute Gasteiger partial charge is 0.335 e. The van der Waals surface area contributed by atoms with Crippen molar-refractivity contribution in [2.75, 3.05) is 11.1 Å². The highest BCUT2D eigenvalue weighted by Crippen LogP contribution is 2.32. The molecule has 44 heavy (non-hydrogen) atoms. The van der Waals surface area contributed by atoms with Crippen molar-refractivity contribution < 1.29 is 19.5 Å². The van der Waals surface area contributed by atoms with Crippen molar-refractivity contribution in [3.8, 4) is 0 Å². The molecule has 15 heteroatoms. The van der Waals surface area contributed by atoms with E-state index in [1.54, 1.807) is 36.4 Å². The summed E-state index contributed by atoms with van der Waals surface area (Å²) >= 11 is 0. The topological polar surface area (TPSA) is 227 Å². The number of hydrogen-bond acceptors (Lipinski definition) is 11. The van der Waals surface area contributed by atoms with Crippen LogP contribution in [0, 0.1) is 4.91 Å². The second-order valence-corrected chi connectivity index (χ2v) is 10.1. The standard InChI is InChI=1S/C29H22N8O7/c30-22-23(25(39)24(22)38)33-16-3-1-2-13(8-16)11-31-26(40)19-10-20(37-21(34-19)12-32-29(37)36-44)27(41)35-18-7-5-14-9-15(28(42)43)4-6-17(14)18/h1-4,6,8-10,12,18,33H,5,7,11,30H2,(H,31,40)(H,35,41)(H,42,43)/t18-/m0/s1. The molecule has 0 saturated carbocycles. The lowest BCUT2D eigenvalue weighted by atomic mass is 10.0. The minimum absolute atomic E-state index is 0.00980. The van der Waals surface area contributed by atoms with Gasteiger partial charge in [-0.05, 0) is 59.9 Å². The number of anilines is 3. The number of carbonyl (C=O) groups is 3. The van der Waals surface area contributed by atoms with Gasteiger partial charge in [-0.15, -0.1) is 4.91 Å². The highest BCUT2D eigenvalue weighted by molar-refractivity contribution is 5.99. The molecule has 2 heterocycles. The minimum Gasteiger partial charge on any atom is -0.478 e. The van der Waals surface area contributed by atoms with E-state index in [1.807, 2.05) is 0 Å². The fourth-order valence-corrected chi connectivity index (χ4v) is 5.18. The van der Waals surface area contributed by atoms with Crippen molar-refractivity contribution >= 4 is 46.4 Å². The molecule has 1 atom stereocenters. The van der Waals surface area contributed by atoms with Crippen molar-refractivity contribution in [3.05, 3.63) is 114 Å². The van der Waals surface area contributed by atoms with Crippen LogP contribution in [0.1, 0.15) is 60.5 Å². The molecule has 2 aromatic heterocycles. The van der Waals surface area contributed by atoms with E-state index in [0.717, 1.165) is 15.5 Å². The van der Waals surface area contributed by atoms with Gasteiger partial charge in [0.2, 0.25) is 0 Å². The van der Waals surface area contributed by atoms with Crippen LogP contribution in [0.2, 0.25) is 0 Å². The Morgan fingerprint density at radius 2 is 1.89 bits per heavy atom. The number of fused-ring (bicyclic) bond motifs is 2. The van der Waals surface area contributed by atoms with Crippen LogP contribution >= 0.6 is 0 Å². The van der Waals surface area contributed by atoms with E-state index in [9.17, 15) is 34.0 Å². The summed E-state index contributed by atoms with van der Waals surface area (Å²) in [7, 11) is 0. The number of carboxylic acid groups (broad SMARTS) is 1. The minimum atomic E-state index is -1.05. The van der Waals surface area contributed by atoms with Gasteiger partial charge in [0.15, 0.2) is 5.65 Å². The van der Waals surface area contributed by atoms with Crippen molar-refractivity contribution in [1.82, 2.24) is 25.0 Å². The van der Waals surface area contributed by atoms with Crippen LogP contribution in [0.15, 0.2) is 69.5 Å². The number of carboxylic acids is 1. The average molecular weight is 595 g/mol. The summed E-state index contributed by atoms with van der Waals surface area (Å²) in [6.07, 6.45) is 2.30. The maximum absolute atomic E-state index is 13.5. The van der Waals surface area contributed by atoms with Crippen LogP contribution in [-0.4, -0.2) is 37.3 Å². The van der Waals surface area contributed by atoms with E-state index >= 15 is 0 Å². The van der Waals surface area contributed by atoms with Crippen LogP contribution in [0.3, 0.4) is 0 Å². The molecule has 0 unspecified atom stereocenters. The molecule has 15 nitrogen and oxygen atoms in total. The summed E-state index contributed by atoms with van der Waals surface area (Å²) in [5, 5.41) is 20.6. The molecule has 0 aliphatic heterocycles. The van der Waals surface area contributed by atoms with Gasteiger partial charge in [-0.2, -0.15) is 0 Å². The maximum Gasteiger partial charge on any atom is 0.335 e. The van der Waals surface area contributed by atoms with Crippen LogP contribution in [0.5, 0.6) is 0 Å². The third-order valence-electron chi connectivity index (χ3n) is 7.39. The molecule has 0 saturated heterocycles. The zero-order valence-corrected chi connectivity index (χ0v) is 22.7. The summed E-state index contributed by atoms with van der Waals surface area (Å²) in [6, 6.07) is 12.2. The Bertz CT molecular complexity index is 2090. The lowest BCUT2D eigenvalue weighted by Gasteiger charge is -2.16. The van der Waals surface area contributed by atoms with Gasteiger partial charge in [-0.1, -0.05) is 18.2 Å². The number of nitrogen functional groups attached to an aromatic ring is 1. The Morgan fingerprint density at radius 3 is 2.64 bits per heavy atom. The Hall–Kier alpha value is -6.25. The second kappa shape index (κ2) is 10.9. The fourth-order valence-electron chi connectivity index (χ4n) is 5.18. The van der Waals surface area contributed by atoms with Gasteiger partial charge >= 0.3 is 5.97 Å². The molecular weight excluding hydrogens is 572 g/mol. The van der Waals surface area contributed by atoms with E-state index in [2.05, 4.69) is 31.1 Å². The SMILES string of the molecule is Nc1c(Nc2cccc(CNC(=O)c3cc(C(=O)N[C@H]4CCc5cc(C(=O)O)ccc54)n4c(N=O)ncc4n3)c2)c(=O)c1=O. The van der Waals surface area contributed by atoms with Gasteiger partial charge in [0.1, 0.15) is 22.8 Å². The van der Waals surface area contributed by atoms with Crippen LogP contribution < -0.4 is 32.5 Å². The third kappa shape index (κ3) is 4.91. The summed E-state index contributed by atoms with van der Waals surface area (Å²) in [6.45, 7) is 0.0434. The monoisotopic (exact) mass is 594 g/mol. The lowest BCUT2D eigenvalue weighted by Crippen LogP contribution is -2.36. The molecule has 5 aromatic rings. The molecule has 1 aliphatic carbocycles. The first-order valence-electron chi connectivity index (χ1n) is 13.3. The number of aromatic nitrogens is 3. The molecule has 0 spiro atoms. The normalized spacial score (nSPS) is 13.9. The number of imidazole rings is 1. The number of aryl methyl sites for hydroxylation is 1. The predicted octanol–water partition coefficient (Wildman–Crippen LogP) is 2.09. The number of nitrogens with zero attached hydrogens (tertiary/aromatic N) is 4. The molecule has 0 bridgehead atoms. The first-order valence-corrected chi connectivity index (χ1v) is 13.3. The molecule has 1 aliphatic rings.